The van der Waals surface area contributed by atoms with Crippen molar-refractivity contribution in [1.82, 2.24) is 38.2 Å². The number of rotatable bonds is 16. The van der Waals surface area contributed by atoms with Gasteiger partial charge in [-0.1, -0.05) is 111 Å². The van der Waals surface area contributed by atoms with Gasteiger partial charge < -0.3 is 38.5 Å². The van der Waals surface area contributed by atoms with Crippen LogP contribution in [0.2, 0.25) is 5.02 Å². The zero-order valence-electron chi connectivity index (χ0n) is 78.3. The van der Waals surface area contributed by atoms with Gasteiger partial charge in [0.05, 0.1) is 83.0 Å². The molecule has 4 aliphatic carbocycles. The summed E-state index contributed by atoms with van der Waals surface area (Å²) in [5.74, 6) is -4.76. The fourth-order valence-corrected chi connectivity index (χ4v) is 22.0. The van der Waals surface area contributed by atoms with Gasteiger partial charge >= 0.3 is 0 Å². The third kappa shape index (κ3) is 19.7. The van der Waals surface area contributed by atoms with E-state index in [0.717, 1.165) is 107 Å². The molecule has 34 heteroatoms. The zero-order valence-corrected chi connectivity index (χ0v) is 79.1. The second-order valence-electron chi connectivity index (χ2n) is 37.6. The van der Waals surface area contributed by atoms with Gasteiger partial charge in [-0.05, 0) is 191 Å². The third-order valence-corrected chi connectivity index (χ3v) is 29.8. The van der Waals surface area contributed by atoms with E-state index in [1.807, 2.05) is 4.90 Å². The summed E-state index contributed by atoms with van der Waals surface area (Å²) in [4.78, 5) is 93.7. The van der Waals surface area contributed by atoms with E-state index < -0.39 is 69.0 Å². The van der Waals surface area contributed by atoms with E-state index in [0.29, 0.717) is 52.6 Å². The molecule has 12 aromatic rings. The van der Waals surface area contributed by atoms with Crippen LogP contribution in [0.3, 0.4) is 0 Å². The Balaban J connectivity index is 0.000000130. The second kappa shape index (κ2) is 41.0. The minimum atomic E-state index is -1.05. The smallest absolute Gasteiger partial charge is 0.296 e. The molecule has 0 bridgehead atoms. The van der Waals surface area contributed by atoms with Crippen LogP contribution in [-0.2, 0) is 0 Å². The van der Waals surface area contributed by atoms with Crippen LogP contribution in [0.15, 0.2) is 171 Å². The highest BCUT2D eigenvalue weighted by Gasteiger charge is 2.45. The zero-order chi connectivity index (χ0) is 99.5. The van der Waals surface area contributed by atoms with Gasteiger partial charge in [0.25, 0.3) is 22.2 Å². The molecule has 8 heterocycles. The Labute approximate surface area is 813 Å². The molecule has 0 atom stereocenters. The van der Waals surface area contributed by atoms with Crippen LogP contribution in [0.1, 0.15) is 147 Å². The number of hydrogen-bond donors (Lipinski definition) is 0. The summed E-state index contributed by atoms with van der Waals surface area (Å²) in [5, 5.41) is -0.0735. The highest BCUT2D eigenvalue weighted by Crippen LogP contribution is 2.52. The van der Waals surface area contributed by atoms with Crippen molar-refractivity contribution >= 4 is 57.6 Å². The summed E-state index contributed by atoms with van der Waals surface area (Å²) in [5.41, 5.74) is 0.525. The van der Waals surface area contributed by atoms with Gasteiger partial charge in [0.15, 0.2) is 57.9 Å². The number of benzene rings is 8. The number of hydrogen-bond acceptors (Lipinski definition) is 16. The van der Waals surface area contributed by atoms with E-state index >= 15 is 4.39 Å². The van der Waals surface area contributed by atoms with Crippen LogP contribution in [-0.4, -0.2) is 119 Å². The van der Waals surface area contributed by atoms with Gasteiger partial charge in [-0.25, -0.2) is 74.4 Å². The highest BCUT2D eigenvalue weighted by molar-refractivity contribution is 6.32. The Morgan fingerprint density at radius 2 is 0.603 bits per heavy atom. The molecule has 4 saturated carbocycles. The molecule has 4 spiro atoms. The molecule has 4 aromatic heterocycles. The van der Waals surface area contributed by atoms with Gasteiger partial charge in [0.2, 0.25) is 28.6 Å². The first kappa shape index (κ1) is 97.9. The summed E-state index contributed by atoms with van der Waals surface area (Å²) in [6.45, 7) is 36.1. The number of ether oxygens (including phenoxy) is 4. The number of aromatic nitrogens is 8. The predicted octanol–water partition coefficient (Wildman–Crippen LogP) is 23.9. The standard InChI is InChI=1S/C27H25ClF2N4O2.C27H25F3N4O2.C27H26F2N4O2.C26H24F2N4O2/c1-31-21-7-5-17(15-19(21)29)24-32-25(33-13-11-27(12-14-33)9-3-4-10-27)23(28)26(35)34(24)18-6-8-22(36-2)20(30)16-18;1-31-21-7-5-17(15-19(21)28)24-32-25(33-13-11-27(12-14-33)9-3-4-10-27)23(30)26(35)34(24)18-6-8-22(36-2)20(29)16-18;1-17-24(32-13-12-27(16-32)10-4-5-11-27)31-25(18-6-8-22(30-2)20(28)14-18)33(26(17)34)19-7-9-23(35-3)21(29)15-19;1-29-21-7-5-17(13-19(21)27)25-30-23(31-12-11-26(16-31)9-3-4-10-26)15-24(33)32(25)18-6-8-22(34-2)20(28)14-18/h2*5-8,15-16H,3-4,9-14H2,2H3;6-9,14-15H,4-5,10-13,16H2,1,3H3;5-8,13-15H,3-4,9-12,16H2,2H3. The molecule has 8 aromatic carbocycles. The van der Waals surface area contributed by atoms with E-state index in [4.69, 9.17) is 71.8 Å². The van der Waals surface area contributed by atoms with Crippen molar-refractivity contribution in [2.45, 2.75) is 148 Å². The predicted molar refractivity (Wildman–Crippen MR) is 522 cm³/mol. The summed E-state index contributed by atoms with van der Waals surface area (Å²) in [6.07, 6.45) is 25.2. The van der Waals surface area contributed by atoms with Gasteiger partial charge in [0, 0.05) is 105 Å². The van der Waals surface area contributed by atoms with Crippen molar-refractivity contribution in [3.63, 3.8) is 0 Å². The fraction of sp³-hybridized carbons (Fsp3) is 0.364. The summed E-state index contributed by atoms with van der Waals surface area (Å²) < 4.78 is 157. The molecule has 0 amide bonds. The number of halogens is 10. The lowest BCUT2D eigenvalue weighted by molar-refractivity contribution is 0.225. The van der Waals surface area contributed by atoms with Crippen molar-refractivity contribution in [2.75, 3.05) is 100 Å². The molecule has 141 heavy (non-hydrogen) atoms. The van der Waals surface area contributed by atoms with E-state index in [9.17, 15) is 54.3 Å². The van der Waals surface area contributed by atoms with E-state index in [2.05, 4.69) is 34.2 Å². The maximum absolute atomic E-state index is 15.6. The Morgan fingerprint density at radius 3 is 0.950 bits per heavy atom. The molecule has 8 aliphatic rings. The van der Waals surface area contributed by atoms with Gasteiger partial charge in [0.1, 0.15) is 63.2 Å². The van der Waals surface area contributed by atoms with Crippen LogP contribution < -0.4 is 60.8 Å². The quantitative estimate of drug-likeness (QED) is 0.0651. The Kier molecular flexibility index (Phi) is 28.5. The largest absolute Gasteiger partial charge is 0.494 e. The summed E-state index contributed by atoms with van der Waals surface area (Å²) in [7, 11) is 5.38. The second-order valence-corrected chi connectivity index (χ2v) is 38.0. The fourth-order valence-electron chi connectivity index (χ4n) is 21.7. The van der Waals surface area contributed by atoms with Crippen molar-refractivity contribution in [2.24, 2.45) is 21.7 Å². The normalized spacial score (nSPS) is 16.7. The lowest BCUT2D eigenvalue weighted by Gasteiger charge is -2.40. The Morgan fingerprint density at radius 1 is 0.312 bits per heavy atom. The third-order valence-electron chi connectivity index (χ3n) is 29.5. The molecule has 4 saturated heterocycles. The minimum absolute atomic E-state index is 0.0180. The minimum Gasteiger partial charge on any atom is -0.494 e. The molecule has 0 unspecified atom stereocenters. The molecule has 24 nitrogen and oxygen atoms in total. The van der Waals surface area contributed by atoms with Crippen LogP contribution in [0, 0.1) is 107 Å². The van der Waals surface area contributed by atoms with Gasteiger partial charge in [-0.2, -0.15) is 4.39 Å². The van der Waals surface area contributed by atoms with E-state index in [1.165, 1.54) is 248 Å². The van der Waals surface area contributed by atoms with Crippen molar-refractivity contribution in [3.05, 3.63) is 302 Å². The molecular formula is C107H100ClF9N16O8. The van der Waals surface area contributed by atoms with E-state index in [1.54, 1.807) is 36.1 Å². The lowest BCUT2D eigenvalue weighted by Crippen LogP contribution is -2.41. The SMILES string of the molecule is [C-]#[N+]c1ccc(-c2nc(N3CCC4(CCCC4)C3)c(C)c(=O)n2-c2ccc(OC)c(F)c2)cc1F.[C-]#[N+]c1ccc(-c2nc(N3CCC4(CCCC4)C3)cc(=O)n2-c2ccc(OC)c(F)c2)cc1F.[C-]#[N+]c1ccc(-c2nc(N3CCC4(CCCC4)CC3)c(Cl)c(=O)n2-c2ccc(OC)c(F)c2)cc1F.[C-]#[N+]c1ccc(-c2nc(N3CCC4(CCCC4)CC3)c(F)c(=O)n2-c2ccc(OC)c(F)c2)cc1F. The maximum atomic E-state index is 15.6. The van der Waals surface area contributed by atoms with Crippen molar-refractivity contribution in [1.29, 1.82) is 0 Å². The monoisotopic (exact) mass is 1940 g/mol. The number of piperidine rings is 2. The summed E-state index contributed by atoms with van der Waals surface area (Å²) in [6, 6.07) is 33.7. The first-order valence-electron chi connectivity index (χ1n) is 47.0. The van der Waals surface area contributed by atoms with Gasteiger partial charge in [-0.3, -0.25) is 37.4 Å². The lowest BCUT2D eigenvalue weighted by atomic mass is 9.77. The number of anilines is 4. The molecule has 8 fully saturated rings. The molecule has 4 aliphatic heterocycles. The molecule has 0 N–H and O–H groups in total. The average molecular weight is 1940 g/mol. The van der Waals surface area contributed by atoms with Gasteiger partial charge in [-0.15, -0.1) is 0 Å². The number of nitrogens with zero attached hydrogens (tertiary/aromatic N) is 16. The topological polar surface area (TPSA) is 207 Å². The van der Waals surface area contributed by atoms with Crippen molar-refractivity contribution < 1.29 is 58.5 Å². The molecule has 0 radical (unpaired) electrons. The van der Waals surface area contributed by atoms with Crippen LogP contribution in [0.25, 0.3) is 87.7 Å². The maximum Gasteiger partial charge on any atom is 0.296 e. The van der Waals surface area contributed by atoms with Crippen LogP contribution >= 0.6 is 11.6 Å². The number of methoxy groups -OCH3 is 4. The summed E-state index contributed by atoms with van der Waals surface area (Å²) >= 11 is 6.60. The molecule has 20 rings (SSSR count). The highest BCUT2D eigenvalue weighted by atomic mass is 35.5. The van der Waals surface area contributed by atoms with Crippen LogP contribution in [0.4, 0.5) is 85.5 Å². The average Bonchev–Trinajstić information content (AvgIpc) is 1.42. The van der Waals surface area contributed by atoms with E-state index in [-0.39, 0.29) is 136 Å². The first-order chi connectivity index (χ1) is 68.0. The molecule has 726 valence electrons. The molecular weight excluding hydrogens is 1840 g/mol. The van der Waals surface area contributed by atoms with Crippen molar-refractivity contribution in [3.8, 4) is 91.3 Å². The Hall–Kier alpha value is -14.7. The van der Waals surface area contributed by atoms with Crippen LogP contribution in [0.5, 0.6) is 23.0 Å². The Bertz CT molecular complexity index is 7090. The first-order valence-corrected chi connectivity index (χ1v) is 47.4.